The summed E-state index contributed by atoms with van der Waals surface area (Å²) in [5, 5.41) is 9.85. The number of morpholine rings is 1. The van der Waals surface area contributed by atoms with Crippen LogP contribution in [0.4, 0.5) is 5.82 Å². The summed E-state index contributed by atoms with van der Waals surface area (Å²) in [5.74, 6) is -0.00122. The first-order chi connectivity index (χ1) is 9.74. The van der Waals surface area contributed by atoms with Crippen LogP contribution >= 0.6 is 0 Å². The molecular weight excluding hydrogens is 258 g/mol. The van der Waals surface area contributed by atoms with Crippen LogP contribution in [0.15, 0.2) is 30.6 Å². The van der Waals surface area contributed by atoms with Crippen LogP contribution in [-0.4, -0.2) is 46.8 Å². The number of carbonyl (C=O) groups is 1. The van der Waals surface area contributed by atoms with Gasteiger partial charge in [0.2, 0.25) is 0 Å². The second-order valence-corrected chi connectivity index (χ2v) is 4.75. The van der Waals surface area contributed by atoms with Gasteiger partial charge in [-0.05, 0) is 12.1 Å². The molecule has 0 aliphatic carbocycles. The van der Waals surface area contributed by atoms with E-state index in [0.717, 1.165) is 16.7 Å². The molecule has 1 aliphatic rings. The van der Waals surface area contributed by atoms with Crippen LogP contribution in [0, 0.1) is 0 Å². The number of ether oxygens (including phenoxy) is 1. The lowest BCUT2D eigenvalue weighted by atomic mass is 10.1. The average molecular weight is 273 g/mol. The molecule has 0 radical (unpaired) electrons. The van der Waals surface area contributed by atoms with Crippen LogP contribution < -0.4 is 4.90 Å². The minimum atomic E-state index is -0.843. The fourth-order valence-corrected chi connectivity index (χ4v) is 2.47. The molecule has 1 unspecified atom stereocenters. The van der Waals surface area contributed by atoms with Crippen LogP contribution in [0.3, 0.4) is 0 Å². The molecular formula is C14H15N3O3. The number of carboxylic acid groups (broad SMARTS) is 1. The number of rotatable bonds is 3. The van der Waals surface area contributed by atoms with Crippen molar-refractivity contribution in [3.8, 4) is 0 Å². The van der Waals surface area contributed by atoms with Gasteiger partial charge in [-0.2, -0.15) is 0 Å². The number of hydrogen-bond acceptors (Lipinski definition) is 5. The third-order valence-electron chi connectivity index (χ3n) is 3.36. The summed E-state index contributed by atoms with van der Waals surface area (Å²) in [5.41, 5.74) is 0.888. The summed E-state index contributed by atoms with van der Waals surface area (Å²) in [6, 6.07) is 7.80. The lowest BCUT2D eigenvalue weighted by Gasteiger charge is -2.33. The number of aliphatic carboxylic acids is 1. The summed E-state index contributed by atoms with van der Waals surface area (Å²) < 4.78 is 5.49. The summed E-state index contributed by atoms with van der Waals surface area (Å²) in [6.45, 7) is 1.75. The number of anilines is 1. The standard InChI is InChI=1S/C14H15N3O3/c18-13(19)7-10-8-17(5-6-20-10)14-11-3-1-2-4-12(11)15-9-16-14/h1-4,9-10H,5-8H2,(H,18,19). The molecule has 0 saturated carbocycles. The quantitative estimate of drug-likeness (QED) is 0.908. The van der Waals surface area contributed by atoms with Gasteiger partial charge in [-0.15, -0.1) is 0 Å². The van der Waals surface area contributed by atoms with Crippen LogP contribution in [-0.2, 0) is 9.53 Å². The van der Waals surface area contributed by atoms with Crippen molar-refractivity contribution >= 4 is 22.7 Å². The average Bonchev–Trinajstić information content (AvgIpc) is 2.46. The monoisotopic (exact) mass is 273 g/mol. The molecule has 3 rings (SSSR count). The molecule has 104 valence electrons. The summed E-state index contributed by atoms with van der Waals surface area (Å²) in [7, 11) is 0. The van der Waals surface area contributed by atoms with Gasteiger partial charge >= 0.3 is 5.97 Å². The van der Waals surface area contributed by atoms with Crippen LogP contribution in [0.25, 0.3) is 10.9 Å². The maximum atomic E-state index is 10.8. The molecule has 1 saturated heterocycles. The minimum absolute atomic E-state index is 0.0134. The van der Waals surface area contributed by atoms with E-state index in [-0.39, 0.29) is 12.5 Å². The van der Waals surface area contributed by atoms with Gasteiger partial charge in [0, 0.05) is 18.5 Å². The molecule has 6 heteroatoms. The number of fused-ring (bicyclic) bond motifs is 1. The Morgan fingerprint density at radius 1 is 1.40 bits per heavy atom. The van der Waals surface area contributed by atoms with Gasteiger partial charge < -0.3 is 14.7 Å². The van der Waals surface area contributed by atoms with Crippen LogP contribution in [0.1, 0.15) is 6.42 Å². The van der Waals surface area contributed by atoms with Gasteiger partial charge in [0.05, 0.1) is 24.6 Å². The van der Waals surface area contributed by atoms with E-state index in [2.05, 4.69) is 14.9 Å². The van der Waals surface area contributed by atoms with E-state index in [1.54, 1.807) is 6.33 Å². The van der Waals surface area contributed by atoms with Crippen molar-refractivity contribution in [3.63, 3.8) is 0 Å². The lowest BCUT2D eigenvalue weighted by Crippen LogP contribution is -2.43. The highest BCUT2D eigenvalue weighted by atomic mass is 16.5. The largest absolute Gasteiger partial charge is 0.481 e. The van der Waals surface area contributed by atoms with E-state index in [4.69, 9.17) is 9.84 Å². The van der Waals surface area contributed by atoms with E-state index in [9.17, 15) is 4.79 Å². The molecule has 1 fully saturated rings. The Labute approximate surface area is 116 Å². The first kappa shape index (κ1) is 12.8. The Morgan fingerprint density at radius 2 is 2.25 bits per heavy atom. The van der Waals surface area contributed by atoms with Gasteiger partial charge in [-0.3, -0.25) is 4.79 Å². The summed E-state index contributed by atoms with van der Waals surface area (Å²) in [6.07, 6.45) is 1.26. The molecule has 0 spiro atoms. The molecule has 2 heterocycles. The number of benzene rings is 1. The molecule has 1 aromatic heterocycles. The Balaban J connectivity index is 1.88. The van der Waals surface area contributed by atoms with Gasteiger partial charge in [-0.1, -0.05) is 12.1 Å². The number of carboxylic acids is 1. The van der Waals surface area contributed by atoms with Gasteiger partial charge in [-0.25, -0.2) is 9.97 Å². The van der Waals surface area contributed by atoms with Crippen LogP contribution in [0.2, 0.25) is 0 Å². The second kappa shape index (κ2) is 5.42. The number of aromatic nitrogens is 2. The van der Waals surface area contributed by atoms with Crippen LogP contribution in [0.5, 0.6) is 0 Å². The zero-order valence-electron chi connectivity index (χ0n) is 10.9. The van der Waals surface area contributed by atoms with Crippen molar-refractivity contribution in [2.45, 2.75) is 12.5 Å². The van der Waals surface area contributed by atoms with Crippen molar-refractivity contribution in [1.29, 1.82) is 0 Å². The SMILES string of the molecule is O=C(O)CC1CN(c2ncnc3ccccc23)CCO1. The fourth-order valence-electron chi connectivity index (χ4n) is 2.47. The third-order valence-corrected chi connectivity index (χ3v) is 3.36. The molecule has 0 amide bonds. The summed E-state index contributed by atoms with van der Waals surface area (Å²) in [4.78, 5) is 21.5. The minimum Gasteiger partial charge on any atom is -0.481 e. The number of para-hydroxylation sites is 1. The maximum absolute atomic E-state index is 10.8. The predicted octanol–water partition coefficient (Wildman–Crippen LogP) is 1.31. The van der Waals surface area contributed by atoms with Gasteiger partial charge in [0.1, 0.15) is 12.1 Å². The van der Waals surface area contributed by atoms with E-state index in [1.165, 1.54) is 0 Å². The molecule has 1 atom stereocenters. The highest BCUT2D eigenvalue weighted by molar-refractivity contribution is 5.89. The van der Waals surface area contributed by atoms with Crippen molar-refractivity contribution < 1.29 is 14.6 Å². The van der Waals surface area contributed by atoms with Crippen molar-refractivity contribution in [2.24, 2.45) is 0 Å². The highest BCUT2D eigenvalue weighted by Crippen LogP contribution is 2.24. The Hall–Kier alpha value is -2.21. The first-order valence-electron chi connectivity index (χ1n) is 6.52. The molecule has 2 aromatic rings. The topological polar surface area (TPSA) is 75.5 Å². The lowest BCUT2D eigenvalue weighted by molar-refractivity contribution is -0.140. The second-order valence-electron chi connectivity index (χ2n) is 4.75. The fraction of sp³-hybridized carbons (Fsp3) is 0.357. The Kier molecular flexibility index (Phi) is 3.47. The number of nitrogens with zero attached hydrogens (tertiary/aromatic N) is 3. The zero-order chi connectivity index (χ0) is 13.9. The van der Waals surface area contributed by atoms with Crippen molar-refractivity contribution in [3.05, 3.63) is 30.6 Å². The zero-order valence-corrected chi connectivity index (χ0v) is 10.9. The molecule has 1 aliphatic heterocycles. The number of hydrogen-bond donors (Lipinski definition) is 1. The third kappa shape index (κ3) is 2.55. The predicted molar refractivity (Wildman–Crippen MR) is 73.7 cm³/mol. The smallest absolute Gasteiger partial charge is 0.306 e. The molecule has 0 bridgehead atoms. The first-order valence-corrected chi connectivity index (χ1v) is 6.52. The van der Waals surface area contributed by atoms with Crippen molar-refractivity contribution in [2.75, 3.05) is 24.6 Å². The van der Waals surface area contributed by atoms with E-state index >= 15 is 0 Å². The summed E-state index contributed by atoms with van der Waals surface area (Å²) >= 11 is 0. The normalized spacial score (nSPS) is 19.2. The van der Waals surface area contributed by atoms with Crippen molar-refractivity contribution in [1.82, 2.24) is 9.97 Å². The highest BCUT2D eigenvalue weighted by Gasteiger charge is 2.24. The molecule has 20 heavy (non-hydrogen) atoms. The van der Waals surface area contributed by atoms with Gasteiger partial charge in [0.25, 0.3) is 0 Å². The van der Waals surface area contributed by atoms with E-state index < -0.39 is 5.97 Å². The molecule has 1 N–H and O–H groups in total. The van der Waals surface area contributed by atoms with E-state index in [0.29, 0.717) is 19.7 Å². The maximum Gasteiger partial charge on any atom is 0.306 e. The molecule has 6 nitrogen and oxygen atoms in total. The Morgan fingerprint density at radius 3 is 3.10 bits per heavy atom. The Bertz CT molecular complexity index is 627. The molecule has 1 aromatic carbocycles. The van der Waals surface area contributed by atoms with E-state index in [1.807, 2.05) is 24.3 Å². The van der Waals surface area contributed by atoms with Gasteiger partial charge in [0.15, 0.2) is 0 Å².